The zero-order valence-corrected chi connectivity index (χ0v) is 19.8. The molecule has 180 valence electrons. The number of imidazole rings is 2. The number of rotatable bonds is 5. The van der Waals surface area contributed by atoms with Gasteiger partial charge in [0, 0.05) is 0 Å². The van der Waals surface area contributed by atoms with Crippen LogP contribution >= 0.6 is 0 Å². The molecule has 1 aliphatic rings. The van der Waals surface area contributed by atoms with Crippen molar-refractivity contribution in [3.63, 3.8) is 0 Å². The summed E-state index contributed by atoms with van der Waals surface area (Å²) in [6.45, 7) is 7.09. The van der Waals surface area contributed by atoms with Gasteiger partial charge in [-0.1, -0.05) is 32.4 Å². The Hall–Kier alpha value is -3.97. The lowest BCUT2D eigenvalue weighted by molar-refractivity contribution is -0.119. The summed E-state index contributed by atoms with van der Waals surface area (Å²) in [4.78, 5) is 35.7. The summed E-state index contributed by atoms with van der Waals surface area (Å²) >= 11 is 0. The van der Waals surface area contributed by atoms with Crippen LogP contribution in [0.2, 0.25) is 0 Å². The summed E-state index contributed by atoms with van der Waals surface area (Å²) in [5, 5.41) is 3.23. The number of likely N-dealkylation sites (tertiary alicyclic amines) is 1. The van der Waals surface area contributed by atoms with Gasteiger partial charge >= 0.3 is 0 Å². The number of primary amides is 1. The second-order valence-corrected chi connectivity index (χ2v) is 7.18. The van der Waals surface area contributed by atoms with Gasteiger partial charge in [-0.05, 0) is 38.1 Å². The normalized spacial score (nSPS) is 12.9. The Morgan fingerprint density at radius 1 is 1.12 bits per heavy atom. The predicted octanol–water partition coefficient (Wildman–Crippen LogP) is 3.07. The first kappa shape index (κ1) is 26.3. The highest BCUT2D eigenvalue weighted by atomic mass is 16.1. The number of nitrogens with two attached hydrogens (primary N) is 1. The first-order valence-corrected chi connectivity index (χ1v) is 11.3. The smallest absolute Gasteiger partial charge is 0.231 e. The van der Waals surface area contributed by atoms with Gasteiger partial charge in [0.15, 0.2) is 11.5 Å². The number of hydrogen-bond acceptors (Lipinski definition) is 7. The average molecular weight is 464 g/mol. The molecule has 34 heavy (non-hydrogen) atoms. The summed E-state index contributed by atoms with van der Waals surface area (Å²) < 4.78 is 0. The molecule has 1 aliphatic heterocycles. The van der Waals surface area contributed by atoms with Gasteiger partial charge in [0.2, 0.25) is 5.91 Å². The SMILES string of the molecule is C#C.CC.NC(=O)CN1CCCCC1.c1ccc2[nH]c(CNc3ncnc4nc[nH]c34)nc2c1. The number of anilines is 1. The number of nitrogens with zero attached hydrogens (tertiary/aromatic N) is 5. The number of aromatic nitrogens is 6. The number of piperidine rings is 1. The van der Waals surface area contributed by atoms with Crippen molar-refractivity contribution in [2.24, 2.45) is 5.73 Å². The van der Waals surface area contributed by atoms with Crippen LogP contribution < -0.4 is 11.1 Å². The van der Waals surface area contributed by atoms with Gasteiger partial charge in [0.05, 0.1) is 30.5 Å². The maximum absolute atomic E-state index is 10.4. The number of benzene rings is 1. The highest BCUT2D eigenvalue weighted by Crippen LogP contribution is 2.16. The minimum atomic E-state index is -0.207. The fourth-order valence-electron chi connectivity index (χ4n) is 3.49. The summed E-state index contributed by atoms with van der Waals surface area (Å²) in [5.74, 6) is 1.37. The van der Waals surface area contributed by atoms with E-state index in [2.05, 4.69) is 53.0 Å². The van der Waals surface area contributed by atoms with Crippen molar-refractivity contribution < 1.29 is 4.79 Å². The van der Waals surface area contributed by atoms with Crippen LogP contribution in [-0.4, -0.2) is 60.3 Å². The molecule has 1 amide bonds. The number of nitrogens with one attached hydrogen (secondary N) is 3. The fourth-order valence-corrected chi connectivity index (χ4v) is 3.49. The van der Waals surface area contributed by atoms with E-state index in [9.17, 15) is 4.79 Å². The largest absolute Gasteiger partial charge is 0.369 e. The third kappa shape index (κ3) is 7.56. The van der Waals surface area contributed by atoms with E-state index >= 15 is 0 Å². The van der Waals surface area contributed by atoms with Crippen molar-refractivity contribution in [1.82, 2.24) is 34.8 Å². The van der Waals surface area contributed by atoms with Crippen LogP contribution in [0.25, 0.3) is 22.2 Å². The van der Waals surface area contributed by atoms with E-state index in [0.29, 0.717) is 24.6 Å². The molecule has 0 atom stereocenters. The van der Waals surface area contributed by atoms with Crippen LogP contribution in [-0.2, 0) is 11.3 Å². The Kier molecular flexibility index (Phi) is 11.0. The summed E-state index contributed by atoms with van der Waals surface area (Å²) in [5.41, 5.74) is 8.47. The molecular formula is C24H33N9O. The third-order valence-corrected chi connectivity index (χ3v) is 4.91. The van der Waals surface area contributed by atoms with E-state index in [-0.39, 0.29) is 5.91 Å². The molecule has 5 rings (SSSR count). The van der Waals surface area contributed by atoms with Gasteiger partial charge in [-0.25, -0.2) is 19.9 Å². The Morgan fingerprint density at radius 2 is 1.85 bits per heavy atom. The Bertz CT molecular complexity index is 1130. The van der Waals surface area contributed by atoms with E-state index in [0.717, 1.165) is 35.5 Å². The number of carbonyl (C=O) groups is 1. The zero-order valence-electron chi connectivity index (χ0n) is 19.8. The summed E-state index contributed by atoms with van der Waals surface area (Å²) in [6, 6.07) is 7.94. The van der Waals surface area contributed by atoms with Crippen molar-refractivity contribution in [2.45, 2.75) is 39.7 Å². The number of terminal acetylenes is 1. The molecule has 10 heteroatoms. The molecule has 3 aromatic heterocycles. The first-order valence-electron chi connectivity index (χ1n) is 11.3. The molecular weight excluding hydrogens is 430 g/mol. The Balaban J connectivity index is 0.000000248. The summed E-state index contributed by atoms with van der Waals surface area (Å²) in [6.07, 6.45) is 14.8. The molecule has 1 fully saturated rings. The maximum Gasteiger partial charge on any atom is 0.231 e. The van der Waals surface area contributed by atoms with Gasteiger partial charge in [0.1, 0.15) is 17.7 Å². The molecule has 0 radical (unpaired) electrons. The number of para-hydroxylation sites is 2. The molecule has 10 nitrogen and oxygen atoms in total. The molecule has 4 aromatic rings. The van der Waals surface area contributed by atoms with Crippen LogP contribution in [0.4, 0.5) is 5.82 Å². The van der Waals surface area contributed by atoms with Crippen molar-refractivity contribution in [3.8, 4) is 12.8 Å². The molecule has 0 saturated carbocycles. The minimum Gasteiger partial charge on any atom is -0.369 e. The molecule has 1 saturated heterocycles. The number of H-pyrrole nitrogens is 2. The van der Waals surface area contributed by atoms with Crippen molar-refractivity contribution in [3.05, 3.63) is 42.7 Å². The van der Waals surface area contributed by atoms with Crippen molar-refractivity contribution in [2.75, 3.05) is 25.0 Å². The van der Waals surface area contributed by atoms with Crippen molar-refractivity contribution in [1.29, 1.82) is 0 Å². The second-order valence-electron chi connectivity index (χ2n) is 7.18. The van der Waals surface area contributed by atoms with E-state index in [1.54, 1.807) is 6.33 Å². The van der Waals surface area contributed by atoms with Crippen LogP contribution in [0.15, 0.2) is 36.9 Å². The van der Waals surface area contributed by atoms with Gasteiger partial charge in [0.25, 0.3) is 0 Å². The number of hydrogen-bond donors (Lipinski definition) is 4. The maximum atomic E-state index is 10.4. The third-order valence-electron chi connectivity index (χ3n) is 4.91. The van der Waals surface area contributed by atoms with E-state index in [1.165, 1.54) is 25.6 Å². The Morgan fingerprint density at radius 3 is 2.56 bits per heavy atom. The quantitative estimate of drug-likeness (QED) is 0.333. The second kappa shape index (κ2) is 14.2. The van der Waals surface area contributed by atoms with Gasteiger partial charge < -0.3 is 21.0 Å². The van der Waals surface area contributed by atoms with E-state index in [4.69, 9.17) is 5.73 Å². The molecule has 0 spiro atoms. The lowest BCUT2D eigenvalue weighted by atomic mass is 10.1. The zero-order chi connectivity index (χ0) is 24.8. The standard InChI is InChI=1S/C13H11N7.C7H14N2O.C2H6.C2H2/c1-2-4-9-8(3-1)19-10(20-9)5-14-12-11-13(16-6-15-11)18-7-17-12;8-7(10)6-9-4-2-1-3-5-9;2*1-2/h1-4,6-7H,5H2,(H,19,20)(H2,14,15,16,17,18);1-6H2,(H2,8,10);1-2H3;1-2H. The summed E-state index contributed by atoms with van der Waals surface area (Å²) in [7, 11) is 0. The lowest BCUT2D eigenvalue weighted by Gasteiger charge is -2.24. The molecule has 5 N–H and O–H groups in total. The monoisotopic (exact) mass is 463 g/mol. The Labute approximate surface area is 199 Å². The van der Waals surface area contributed by atoms with Crippen LogP contribution in [0.1, 0.15) is 38.9 Å². The fraction of sp³-hybridized carbons (Fsp3) is 0.375. The lowest BCUT2D eigenvalue weighted by Crippen LogP contribution is -2.37. The highest BCUT2D eigenvalue weighted by molar-refractivity contribution is 5.82. The molecule has 0 bridgehead atoms. The van der Waals surface area contributed by atoms with Gasteiger partial charge in [-0.15, -0.1) is 12.8 Å². The first-order chi connectivity index (χ1) is 16.7. The van der Waals surface area contributed by atoms with E-state index in [1.807, 2.05) is 38.1 Å². The molecule has 0 aliphatic carbocycles. The molecule has 1 aromatic carbocycles. The molecule has 4 heterocycles. The van der Waals surface area contributed by atoms with Crippen LogP contribution in [0.5, 0.6) is 0 Å². The van der Waals surface area contributed by atoms with Gasteiger partial charge in [-0.2, -0.15) is 0 Å². The van der Waals surface area contributed by atoms with Crippen LogP contribution in [0.3, 0.4) is 0 Å². The van der Waals surface area contributed by atoms with Crippen molar-refractivity contribution >= 4 is 33.9 Å². The number of aromatic amines is 2. The average Bonchev–Trinajstić information content (AvgIpc) is 3.53. The number of carbonyl (C=O) groups excluding carboxylic acids is 1. The predicted molar refractivity (Wildman–Crippen MR) is 136 cm³/mol. The molecule has 0 unspecified atom stereocenters. The topological polar surface area (TPSA) is 142 Å². The van der Waals surface area contributed by atoms with Crippen LogP contribution in [0, 0.1) is 12.8 Å². The highest BCUT2D eigenvalue weighted by Gasteiger charge is 2.11. The number of fused-ring (bicyclic) bond motifs is 2. The minimum absolute atomic E-state index is 0.207. The van der Waals surface area contributed by atoms with Gasteiger partial charge in [-0.3, -0.25) is 9.69 Å². The number of amides is 1. The van der Waals surface area contributed by atoms with E-state index < -0.39 is 0 Å².